The highest BCUT2D eigenvalue weighted by Crippen LogP contribution is 2.47. The Bertz CT molecular complexity index is 4030. The van der Waals surface area contributed by atoms with Gasteiger partial charge in [-0.15, -0.1) is 0 Å². The van der Waals surface area contributed by atoms with E-state index in [2.05, 4.69) is 267 Å². The first-order valence-electron chi connectivity index (χ1n) is 24.3. The minimum Gasteiger partial charge on any atom is -0.0622 e. The van der Waals surface area contributed by atoms with Crippen molar-refractivity contribution in [1.29, 1.82) is 0 Å². The predicted molar refractivity (Wildman–Crippen MR) is 302 cm³/mol. The van der Waals surface area contributed by atoms with Crippen molar-refractivity contribution < 1.29 is 0 Å². The van der Waals surface area contributed by atoms with Gasteiger partial charge in [-0.3, -0.25) is 0 Å². The van der Waals surface area contributed by atoms with Crippen LogP contribution in [-0.2, 0) is 0 Å². The highest BCUT2D eigenvalue weighted by atomic mass is 14.2. The third-order valence-electron chi connectivity index (χ3n) is 14.8. The van der Waals surface area contributed by atoms with E-state index in [0.717, 1.165) is 0 Å². The standard InChI is InChI=1S/C70H44/c1-3-17-45(18-4-1)69-53(51-23-15-21-47(41-51)49-33-35-63-59-29-9-7-25-55(59)57-27-11-13-31-61(57)67(63)43-49)37-40-66-65(69)39-38-54(70(66)46-19-5-2-6-20-46)52-24-16-22-48(42-52)50-34-36-64-60-30-10-8-26-56(60)58-28-12-14-32-62(58)68(64)44-50/h1-44H. The van der Waals surface area contributed by atoms with Gasteiger partial charge in [0.05, 0.1) is 0 Å². The van der Waals surface area contributed by atoms with Gasteiger partial charge >= 0.3 is 0 Å². The lowest BCUT2D eigenvalue weighted by Crippen LogP contribution is -1.93. The van der Waals surface area contributed by atoms with Crippen LogP contribution in [0.5, 0.6) is 0 Å². The molecule has 0 radical (unpaired) electrons. The Morgan fingerprint density at radius 2 is 0.386 bits per heavy atom. The topological polar surface area (TPSA) is 0 Å². The summed E-state index contributed by atoms with van der Waals surface area (Å²) in [6, 6.07) is 98.9. The van der Waals surface area contributed by atoms with Gasteiger partial charge in [-0.2, -0.15) is 0 Å². The van der Waals surface area contributed by atoms with Crippen molar-refractivity contribution in [2.45, 2.75) is 0 Å². The molecule has 14 aromatic rings. The van der Waals surface area contributed by atoms with Crippen molar-refractivity contribution in [2.24, 2.45) is 0 Å². The molecule has 70 heavy (non-hydrogen) atoms. The number of hydrogen-bond acceptors (Lipinski definition) is 0. The normalized spacial score (nSPS) is 11.7. The van der Waals surface area contributed by atoms with Crippen LogP contribution in [-0.4, -0.2) is 0 Å². The van der Waals surface area contributed by atoms with Crippen LogP contribution in [0.15, 0.2) is 267 Å². The first kappa shape index (κ1) is 40.0. The lowest BCUT2D eigenvalue weighted by Gasteiger charge is -2.20. The van der Waals surface area contributed by atoms with E-state index in [1.54, 1.807) is 0 Å². The molecule has 0 unspecified atom stereocenters. The summed E-state index contributed by atoms with van der Waals surface area (Å²) in [4.78, 5) is 0. The summed E-state index contributed by atoms with van der Waals surface area (Å²) in [7, 11) is 0. The molecule has 0 amide bonds. The first-order valence-corrected chi connectivity index (χ1v) is 24.3. The van der Waals surface area contributed by atoms with E-state index in [1.165, 1.54) is 142 Å². The average molecular weight is 885 g/mol. The number of rotatable bonds is 6. The first-order chi connectivity index (χ1) is 34.7. The van der Waals surface area contributed by atoms with Gasteiger partial charge in [0.25, 0.3) is 0 Å². The Labute approximate surface area is 407 Å². The van der Waals surface area contributed by atoms with E-state index in [9.17, 15) is 0 Å². The Hall–Kier alpha value is -9.10. The van der Waals surface area contributed by atoms with Crippen LogP contribution < -0.4 is 0 Å². The van der Waals surface area contributed by atoms with Gasteiger partial charge in [-0.25, -0.2) is 0 Å². The lowest BCUT2D eigenvalue weighted by molar-refractivity contribution is 1.58. The predicted octanol–water partition coefficient (Wildman–Crippen LogP) is 19.8. The summed E-state index contributed by atoms with van der Waals surface area (Å²) in [6.45, 7) is 0. The van der Waals surface area contributed by atoms with Crippen LogP contribution in [0.4, 0.5) is 0 Å². The zero-order valence-electron chi connectivity index (χ0n) is 38.4. The molecule has 0 heterocycles. The molecule has 0 fully saturated rings. The Kier molecular flexibility index (Phi) is 9.32. The maximum absolute atomic E-state index is 2.40. The quantitative estimate of drug-likeness (QED) is 0.146. The van der Waals surface area contributed by atoms with Crippen molar-refractivity contribution in [3.05, 3.63) is 267 Å². The van der Waals surface area contributed by atoms with Gasteiger partial charge in [-0.1, -0.05) is 243 Å². The molecule has 0 nitrogen and oxygen atoms in total. The van der Waals surface area contributed by atoms with Crippen molar-refractivity contribution in [3.8, 4) is 66.8 Å². The van der Waals surface area contributed by atoms with Crippen LogP contribution in [0.1, 0.15) is 0 Å². The van der Waals surface area contributed by atoms with Gasteiger partial charge in [0.1, 0.15) is 0 Å². The molecule has 0 aliphatic rings. The van der Waals surface area contributed by atoms with Crippen LogP contribution in [0.2, 0.25) is 0 Å². The minimum absolute atomic E-state index is 1.19. The SMILES string of the molecule is c1ccc(-c2c(-c3cccc(-c4ccc5c6ccccc6c6ccccc6c5c4)c3)ccc3c(-c4ccccc4)c(-c4cccc(-c5ccc6c7ccccc7c7ccccc7c6c5)c4)ccc23)cc1. The molecule has 0 saturated heterocycles. The molecule has 0 bridgehead atoms. The molecule has 0 saturated carbocycles. The minimum atomic E-state index is 1.19. The van der Waals surface area contributed by atoms with E-state index < -0.39 is 0 Å². The molecule has 14 rings (SSSR count). The summed E-state index contributed by atoms with van der Waals surface area (Å²) < 4.78 is 0. The van der Waals surface area contributed by atoms with E-state index in [1.807, 2.05) is 0 Å². The fourth-order valence-corrected chi connectivity index (χ4v) is 11.6. The molecule has 324 valence electrons. The molecular weight excluding hydrogens is 841 g/mol. The molecular formula is C70H44. The molecule has 0 aliphatic heterocycles. The summed E-state index contributed by atoms with van der Waals surface area (Å²) in [5.74, 6) is 0. The van der Waals surface area contributed by atoms with Crippen LogP contribution in [0.3, 0.4) is 0 Å². The van der Waals surface area contributed by atoms with Crippen molar-refractivity contribution in [2.75, 3.05) is 0 Å². The third-order valence-corrected chi connectivity index (χ3v) is 14.8. The largest absolute Gasteiger partial charge is 0.0622 e. The van der Waals surface area contributed by atoms with E-state index in [0.29, 0.717) is 0 Å². The summed E-state index contributed by atoms with van der Waals surface area (Å²) in [6.07, 6.45) is 0. The highest BCUT2D eigenvalue weighted by molar-refractivity contribution is 6.27. The highest BCUT2D eigenvalue weighted by Gasteiger charge is 2.20. The molecule has 0 atom stereocenters. The second kappa shape index (κ2) is 16.3. The molecule has 0 spiro atoms. The zero-order chi connectivity index (χ0) is 46.1. The number of hydrogen-bond donors (Lipinski definition) is 0. The molecule has 0 N–H and O–H groups in total. The monoisotopic (exact) mass is 884 g/mol. The van der Waals surface area contributed by atoms with E-state index >= 15 is 0 Å². The molecule has 0 heteroatoms. The Morgan fingerprint density at radius 1 is 0.129 bits per heavy atom. The van der Waals surface area contributed by atoms with E-state index in [4.69, 9.17) is 0 Å². The fourth-order valence-electron chi connectivity index (χ4n) is 11.6. The summed E-state index contributed by atoms with van der Waals surface area (Å²) in [5, 5.41) is 17.9. The van der Waals surface area contributed by atoms with E-state index in [-0.39, 0.29) is 0 Å². The lowest BCUT2D eigenvalue weighted by atomic mass is 9.83. The van der Waals surface area contributed by atoms with Gasteiger partial charge in [0, 0.05) is 0 Å². The zero-order valence-corrected chi connectivity index (χ0v) is 38.4. The maximum atomic E-state index is 2.40. The second-order valence-electron chi connectivity index (χ2n) is 18.7. The van der Waals surface area contributed by atoms with Crippen molar-refractivity contribution in [3.63, 3.8) is 0 Å². The van der Waals surface area contributed by atoms with Crippen LogP contribution in [0.25, 0.3) is 142 Å². The smallest absolute Gasteiger partial charge is 0.00266 e. The Balaban J connectivity index is 0.931. The molecule has 0 aromatic heterocycles. The fraction of sp³-hybridized carbons (Fsp3) is 0. The van der Waals surface area contributed by atoms with Crippen LogP contribution >= 0.6 is 0 Å². The summed E-state index contributed by atoms with van der Waals surface area (Å²) >= 11 is 0. The summed E-state index contributed by atoms with van der Waals surface area (Å²) in [5.41, 5.74) is 14.5. The second-order valence-corrected chi connectivity index (χ2v) is 18.7. The Morgan fingerprint density at radius 3 is 0.743 bits per heavy atom. The number of fused-ring (bicyclic) bond motifs is 13. The molecule has 0 aliphatic carbocycles. The van der Waals surface area contributed by atoms with Gasteiger partial charge in [0.15, 0.2) is 0 Å². The number of benzene rings is 14. The maximum Gasteiger partial charge on any atom is -0.00266 e. The van der Waals surface area contributed by atoms with Gasteiger partial charge < -0.3 is 0 Å². The van der Waals surface area contributed by atoms with Crippen LogP contribution in [0, 0.1) is 0 Å². The average Bonchev–Trinajstić information content (AvgIpc) is 3.45. The molecule has 14 aromatic carbocycles. The van der Waals surface area contributed by atoms with Crippen molar-refractivity contribution in [1.82, 2.24) is 0 Å². The van der Waals surface area contributed by atoms with Gasteiger partial charge in [-0.05, 0) is 166 Å². The third kappa shape index (κ3) is 6.45. The van der Waals surface area contributed by atoms with Gasteiger partial charge in [0.2, 0.25) is 0 Å². The van der Waals surface area contributed by atoms with Crippen molar-refractivity contribution >= 4 is 75.4 Å².